The maximum Gasteiger partial charge on any atom is 0.267 e. The van der Waals surface area contributed by atoms with Crippen molar-refractivity contribution in [2.24, 2.45) is 5.73 Å². The lowest BCUT2D eigenvalue weighted by atomic mass is 10.2. The Bertz CT molecular complexity index is 1050. The summed E-state index contributed by atoms with van der Waals surface area (Å²) in [6, 6.07) is 7.14. The standard InChI is InChI=1S/C20H26N8O2/c1-11(2)28(10-14-6-5-7-16(25-14)18(21)29)17-13(4)24-20(22)26-19(17)23-9-15-8-12(3)30-27-15/h5-8,11H,9-10H2,1-4H3,(H2,21,29)(H3,22,23,24,26). The Balaban J connectivity index is 1.95. The number of pyridine rings is 1. The van der Waals surface area contributed by atoms with Crippen molar-refractivity contribution in [2.45, 2.75) is 46.8 Å². The molecule has 0 radical (unpaired) electrons. The molecular weight excluding hydrogens is 384 g/mol. The Labute approximate surface area is 174 Å². The number of hydrogen-bond donors (Lipinski definition) is 3. The van der Waals surface area contributed by atoms with Gasteiger partial charge in [-0.2, -0.15) is 4.98 Å². The van der Waals surface area contributed by atoms with Gasteiger partial charge in [0.2, 0.25) is 5.95 Å². The van der Waals surface area contributed by atoms with E-state index in [2.05, 4.69) is 44.2 Å². The highest BCUT2D eigenvalue weighted by atomic mass is 16.5. The number of carbonyl (C=O) groups is 1. The van der Waals surface area contributed by atoms with E-state index in [1.54, 1.807) is 12.1 Å². The molecule has 0 aromatic carbocycles. The number of aryl methyl sites for hydroxylation is 2. The number of anilines is 3. The number of rotatable bonds is 8. The van der Waals surface area contributed by atoms with Crippen LogP contribution in [0, 0.1) is 13.8 Å². The summed E-state index contributed by atoms with van der Waals surface area (Å²) in [6.45, 7) is 8.67. The second-order valence-corrected chi connectivity index (χ2v) is 7.25. The summed E-state index contributed by atoms with van der Waals surface area (Å²) in [5.74, 6) is 0.924. The van der Waals surface area contributed by atoms with E-state index in [1.165, 1.54) is 0 Å². The largest absolute Gasteiger partial charge is 0.368 e. The molecule has 0 atom stereocenters. The normalized spacial score (nSPS) is 11.0. The third kappa shape index (κ3) is 4.83. The first kappa shape index (κ1) is 21.0. The second-order valence-electron chi connectivity index (χ2n) is 7.25. The fourth-order valence-corrected chi connectivity index (χ4v) is 3.13. The van der Waals surface area contributed by atoms with Gasteiger partial charge in [0, 0.05) is 12.1 Å². The number of nitrogens with two attached hydrogens (primary N) is 2. The molecule has 158 valence electrons. The molecule has 0 unspecified atom stereocenters. The van der Waals surface area contributed by atoms with Gasteiger partial charge < -0.3 is 26.2 Å². The minimum absolute atomic E-state index is 0.0878. The lowest BCUT2D eigenvalue weighted by molar-refractivity contribution is 0.0995. The fraction of sp³-hybridized carbons (Fsp3) is 0.350. The summed E-state index contributed by atoms with van der Waals surface area (Å²) in [5.41, 5.74) is 14.5. The van der Waals surface area contributed by atoms with Crippen LogP contribution in [0.1, 0.15) is 47.2 Å². The maximum absolute atomic E-state index is 11.5. The molecule has 0 aliphatic heterocycles. The lowest BCUT2D eigenvalue weighted by Crippen LogP contribution is -2.33. The predicted octanol–water partition coefficient (Wildman–Crippen LogP) is 2.18. The molecule has 0 saturated carbocycles. The lowest BCUT2D eigenvalue weighted by Gasteiger charge is -2.31. The zero-order valence-electron chi connectivity index (χ0n) is 17.5. The Morgan fingerprint density at radius 1 is 1.20 bits per heavy atom. The summed E-state index contributed by atoms with van der Waals surface area (Å²) in [6.07, 6.45) is 0. The van der Waals surface area contributed by atoms with Crippen LogP contribution in [0.2, 0.25) is 0 Å². The summed E-state index contributed by atoms with van der Waals surface area (Å²) in [5, 5.41) is 7.29. The van der Waals surface area contributed by atoms with Crippen LogP contribution in [0.5, 0.6) is 0 Å². The molecule has 3 aromatic rings. The van der Waals surface area contributed by atoms with Gasteiger partial charge in [-0.15, -0.1) is 0 Å². The smallest absolute Gasteiger partial charge is 0.267 e. The minimum Gasteiger partial charge on any atom is -0.368 e. The quantitative estimate of drug-likeness (QED) is 0.508. The molecule has 30 heavy (non-hydrogen) atoms. The summed E-state index contributed by atoms with van der Waals surface area (Å²) in [4.78, 5) is 26.7. The highest BCUT2D eigenvalue weighted by Crippen LogP contribution is 2.31. The average Bonchev–Trinajstić information content (AvgIpc) is 3.10. The number of nitrogens with one attached hydrogen (secondary N) is 1. The average molecular weight is 410 g/mol. The van der Waals surface area contributed by atoms with Crippen molar-refractivity contribution in [3.8, 4) is 0 Å². The van der Waals surface area contributed by atoms with Crippen LogP contribution in [-0.4, -0.2) is 32.1 Å². The number of primary amides is 1. The van der Waals surface area contributed by atoms with Gasteiger partial charge in [-0.05, 0) is 39.8 Å². The summed E-state index contributed by atoms with van der Waals surface area (Å²) >= 11 is 0. The number of carbonyl (C=O) groups excluding carboxylic acids is 1. The third-order valence-corrected chi connectivity index (χ3v) is 4.49. The molecule has 10 heteroatoms. The highest BCUT2D eigenvalue weighted by Gasteiger charge is 2.21. The number of hydrogen-bond acceptors (Lipinski definition) is 9. The molecule has 10 nitrogen and oxygen atoms in total. The second kappa shape index (κ2) is 8.76. The number of nitrogens with zero attached hydrogens (tertiary/aromatic N) is 5. The van der Waals surface area contributed by atoms with Crippen LogP contribution in [0.4, 0.5) is 17.5 Å². The van der Waals surface area contributed by atoms with Gasteiger partial charge in [-0.25, -0.2) is 9.97 Å². The molecular formula is C20H26N8O2. The molecule has 0 spiro atoms. The molecule has 0 aliphatic rings. The van der Waals surface area contributed by atoms with Gasteiger partial charge >= 0.3 is 0 Å². The van der Waals surface area contributed by atoms with E-state index in [0.717, 1.165) is 22.8 Å². The molecule has 3 rings (SSSR count). The van der Waals surface area contributed by atoms with E-state index in [4.69, 9.17) is 16.0 Å². The zero-order chi connectivity index (χ0) is 21.8. The first-order chi connectivity index (χ1) is 14.2. The van der Waals surface area contributed by atoms with Crippen LogP contribution in [-0.2, 0) is 13.1 Å². The van der Waals surface area contributed by atoms with Crippen molar-refractivity contribution in [2.75, 3.05) is 16.0 Å². The predicted molar refractivity (Wildman–Crippen MR) is 114 cm³/mol. The Kier molecular flexibility index (Phi) is 6.14. The van der Waals surface area contributed by atoms with Crippen molar-refractivity contribution < 1.29 is 9.32 Å². The molecule has 5 N–H and O–H groups in total. The zero-order valence-corrected chi connectivity index (χ0v) is 17.5. The molecule has 3 aromatic heterocycles. The van der Waals surface area contributed by atoms with E-state index in [9.17, 15) is 4.79 Å². The number of aromatic nitrogens is 4. The monoisotopic (exact) mass is 410 g/mol. The van der Waals surface area contributed by atoms with Crippen LogP contribution in [0.25, 0.3) is 0 Å². The van der Waals surface area contributed by atoms with Crippen LogP contribution >= 0.6 is 0 Å². The van der Waals surface area contributed by atoms with Gasteiger partial charge in [0.15, 0.2) is 5.82 Å². The van der Waals surface area contributed by atoms with Gasteiger partial charge in [0.05, 0.1) is 24.5 Å². The van der Waals surface area contributed by atoms with Crippen molar-refractivity contribution in [1.29, 1.82) is 0 Å². The molecule has 0 saturated heterocycles. The number of amides is 1. The Morgan fingerprint density at radius 2 is 1.97 bits per heavy atom. The molecule has 0 bridgehead atoms. The number of nitrogen functional groups attached to an aromatic ring is 1. The summed E-state index contributed by atoms with van der Waals surface area (Å²) in [7, 11) is 0. The fourth-order valence-electron chi connectivity index (χ4n) is 3.13. The van der Waals surface area contributed by atoms with Gasteiger partial charge in [-0.3, -0.25) is 4.79 Å². The SMILES string of the molecule is Cc1cc(CNc2nc(N)nc(C)c2N(Cc2cccc(C(N)=O)n2)C(C)C)no1. The van der Waals surface area contributed by atoms with Gasteiger partial charge in [0.25, 0.3) is 5.91 Å². The van der Waals surface area contributed by atoms with Gasteiger partial charge in [-0.1, -0.05) is 11.2 Å². The molecule has 0 fully saturated rings. The topological polar surface area (TPSA) is 149 Å². The van der Waals surface area contributed by atoms with Crippen molar-refractivity contribution >= 4 is 23.4 Å². The molecule has 3 heterocycles. The van der Waals surface area contributed by atoms with E-state index >= 15 is 0 Å². The van der Waals surface area contributed by atoms with Crippen molar-refractivity contribution in [1.82, 2.24) is 20.1 Å². The molecule has 0 aliphatic carbocycles. The van der Waals surface area contributed by atoms with Crippen molar-refractivity contribution in [3.05, 3.63) is 52.8 Å². The Morgan fingerprint density at radius 3 is 2.60 bits per heavy atom. The first-order valence-corrected chi connectivity index (χ1v) is 9.57. The van der Waals surface area contributed by atoms with Gasteiger partial charge in [0.1, 0.15) is 22.8 Å². The van der Waals surface area contributed by atoms with Crippen molar-refractivity contribution in [3.63, 3.8) is 0 Å². The first-order valence-electron chi connectivity index (χ1n) is 9.57. The van der Waals surface area contributed by atoms with E-state index in [0.29, 0.717) is 24.6 Å². The molecule has 1 amide bonds. The van der Waals surface area contributed by atoms with Crippen LogP contribution in [0.15, 0.2) is 28.8 Å². The van der Waals surface area contributed by atoms with E-state index in [-0.39, 0.29) is 17.7 Å². The summed E-state index contributed by atoms with van der Waals surface area (Å²) < 4.78 is 5.12. The minimum atomic E-state index is -0.565. The highest BCUT2D eigenvalue weighted by molar-refractivity contribution is 5.90. The van der Waals surface area contributed by atoms with E-state index in [1.807, 2.05) is 26.0 Å². The maximum atomic E-state index is 11.5. The van der Waals surface area contributed by atoms with Crippen LogP contribution in [0.3, 0.4) is 0 Å². The van der Waals surface area contributed by atoms with E-state index < -0.39 is 5.91 Å². The third-order valence-electron chi connectivity index (χ3n) is 4.49. The Hall–Kier alpha value is -3.69. The van der Waals surface area contributed by atoms with Crippen LogP contribution < -0.4 is 21.7 Å².